The van der Waals surface area contributed by atoms with E-state index in [9.17, 15) is 8.78 Å². The predicted molar refractivity (Wildman–Crippen MR) is 65.2 cm³/mol. The summed E-state index contributed by atoms with van der Waals surface area (Å²) >= 11 is 0. The fraction of sp³-hybridized carbons (Fsp3) is 0.357. The molecule has 0 N–H and O–H groups in total. The molecular formula is C14H14F2N2. The van der Waals surface area contributed by atoms with E-state index in [2.05, 4.69) is 5.10 Å². The monoisotopic (exact) mass is 248 g/mol. The van der Waals surface area contributed by atoms with Crippen molar-refractivity contribution < 1.29 is 8.78 Å². The molecule has 18 heavy (non-hydrogen) atoms. The Bertz CT molecular complexity index is 544. The van der Waals surface area contributed by atoms with Crippen molar-refractivity contribution in [2.75, 3.05) is 0 Å². The summed E-state index contributed by atoms with van der Waals surface area (Å²) in [5.74, 6) is 0.139. The topological polar surface area (TPSA) is 17.8 Å². The van der Waals surface area contributed by atoms with Gasteiger partial charge in [-0.25, -0.2) is 8.78 Å². The zero-order valence-corrected chi connectivity index (χ0v) is 9.89. The Morgan fingerprint density at radius 1 is 1.28 bits per heavy atom. The highest BCUT2D eigenvalue weighted by atomic mass is 19.1. The number of hydrogen-bond acceptors (Lipinski definition) is 1. The minimum Gasteiger partial charge on any atom is -0.272 e. The molecule has 1 aliphatic rings. The highest BCUT2D eigenvalue weighted by molar-refractivity contribution is 5.61. The van der Waals surface area contributed by atoms with Crippen LogP contribution in [0.1, 0.15) is 12.8 Å². The Kier molecular flexibility index (Phi) is 2.86. The van der Waals surface area contributed by atoms with E-state index < -0.39 is 6.17 Å². The summed E-state index contributed by atoms with van der Waals surface area (Å²) in [5, 5.41) is 4.24. The molecule has 4 heteroatoms. The van der Waals surface area contributed by atoms with Crippen LogP contribution in [0.5, 0.6) is 0 Å². The lowest BCUT2D eigenvalue weighted by atomic mass is 9.83. The predicted octanol–water partition coefficient (Wildman–Crippen LogP) is 3.44. The van der Waals surface area contributed by atoms with Crippen molar-refractivity contribution in [3.63, 3.8) is 0 Å². The highest BCUT2D eigenvalue weighted by Gasteiger charge is 2.29. The lowest BCUT2D eigenvalue weighted by Gasteiger charge is -2.29. The quantitative estimate of drug-likeness (QED) is 0.813. The van der Waals surface area contributed by atoms with Crippen molar-refractivity contribution in [3.8, 4) is 11.1 Å². The van der Waals surface area contributed by atoms with Gasteiger partial charge in [0.2, 0.25) is 0 Å². The number of halogens is 2. The van der Waals surface area contributed by atoms with Gasteiger partial charge in [0.15, 0.2) is 0 Å². The second-order valence-electron chi connectivity index (χ2n) is 4.90. The van der Waals surface area contributed by atoms with E-state index in [0.29, 0.717) is 18.8 Å². The van der Waals surface area contributed by atoms with Crippen LogP contribution in [-0.2, 0) is 6.54 Å². The van der Waals surface area contributed by atoms with Crippen molar-refractivity contribution in [2.45, 2.75) is 25.6 Å². The van der Waals surface area contributed by atoms with Crippen molar-refractivity contribution in [3.05, 3.63) is 42.5 Å². The highest BCUT2D eigenvalue weighted by Crippen LogP contribution is 2.31. The average molecular weight is 248 g/mol. The molecule has 1 aliphatic carbocycles. The van der Waals surface area contributed by atoms with E-state index in [1.54, 1.807) is 12.3 Å². The van der Waals surface area contributed by atoms with Crippen LogP contribution in [0.15, 0.2) is 36.7 Å². The minimum atomic E-state index is -0.631. The summed E-state index contributed by atoms with van der Waals surface area (Å²) in [6.07, 6.45) is 4.25. The molecule has 1 heterocycles. The van der Waals surface area contributed by atoms with Crippen LogP contribution in [0.4, 0.5) is 8.78 Å². The van der Waals surface area contributed by atoms with Gasteiger partial charge in [0.05, 0.1) is 6.20 Å². The molecule has 1 saturated carbocycles. The molecule has 1 aromatic heterocycles. The zero-order chi connectivity index (χ0) is 12.5. The normalized spacial score (nSPS) is 22.8. The molecule has 2 nitrogen and oxygen atoms in total. The number of alkyl halides is 1. The van der Waals surface area contributed by atoms with Gasteiger partial charge < -0.3 is 0 Å². The first-order valence-corrected chi connectivity index (χ1v) is 6.13. The third-order valence-electron chi connectivity index (χ3n) is 3.41. The van der Waals surface area contributed by atoms with Crippen molar-refractivity contribution in [2.24, 2.45) is 5.92 Å². The summed E-state index contributed by atoms with van der Waals surface area (Å²) in [4.78, 5) is 0. The van der Waals surface area contributed by atoms with E-state index in [1.165, 1.54) is 12.1 Å². The van der Waals surface area contributed by atoms with E-state index in [4.69, 9.17) is 0 Å². The van der Waals surface area contributed by atoms with Gasteiger partial charge in [-0.05, 0) is 36.5 Å². The van der Waals surface area contributed by atoms with Crippen LogP contribution < -0.4 is 0 Å². The Hall–Kier alpha value is -1.71. The summed E-state index contributed by atoms with van der Waals surface area (Å²) < 4.78 is 27.6. The van der Waals surface area contributed by atoms with E-state index in [0.717, 1.165) is 17.7 Å². The molecule has 3 rings (SSSR count). The second-order valence-corrected chi connectivity index (χ2v) is 4.90. The van der Waals surface area contributed by atoms with Gasteiger partial charge in [0.25, 0.3) is 0 Å². The molecule has 0 unspecified atom stereocenters. The van der Waals surface area contributed by atoms with Crippen LogP contribution >= 0.6 is 0 Å². The van der Waals surface area contributed by atoms with Crippen molar-refractivity contribution in [1.29, 1.82) is 0 Å². The molecule has 94 valence electrons. The van der Waals surface area contributed by atoms with Crippen LogP contribution in [0, 0.1) is 11.7 Å². The number of benzene rings is 1. The minimum absolute atomic E-state index is 0.250. The van der Waals surface area contributed by atoms with Crippen LogP contribution in [0.25, 0.3) is 11.1 Å². The lowest BCUT2D eigenvalue weighted by molar-refractivity contribution is 0.114. The Labute approximate surface area is 104 Å². The van der Waals surface area contributed by atoms with Crippen molar-refractivity contribution in [1.82, 2.24) is 9.78 Å². The largest absolute Gasteiger partial charge is 0.272 e. The zero-order valence-electron chi connectivity index (χ0n) is 9.89. The summed E-state index contributed by atoms with van der Waals surface area (Å²) in [5.41, 5.74) is 1.71. The van der Waals surface area contributed by atoms with E-state index in [-0.39, 0.29) is 5.82 Å². The Morgan fingerprint density at radius 3 is 2.83 bits per heavy atom. The summed E-state index contributed by atoms with van der Waals surface area (Å²) in [6, 6.07) is 6.44. The smallest absolute Gasteiger partial charge is 0.123 e. The molecule has 0 radical (unpaired) electrons. The molecule has 2 aromatic rings. The van der Waals surface area contributed by atoms with Gasteiger partial charge in [-0.3, -0.25) is 4.68 Å². The van der Waals surface area contributed by atoms with Gasteiger partial charge in [0.1, 0.15) is 12.0 Å². The van der Waals surface area contributed by atoms with Crippen LogP contribution in [0.2, 0.25) is 0 Å². The SMILES string of the molecule is Fc1cccc(-c2cnn(CC3CC(F)C3)c2)c1. The number of aromatic nitrogens is 2. The molecule has 1 aromatic carbocycles. The fourth-order valence-electron chi connectivity index (χ4n) is 2.35. The molecule has 0 aliphatic heterocycles. The number of rotatable bonds is 3. The Morgan fingerprint density at radius 2 is 2.11 bits per heavy atom. The maximum absolute atomic E-state index is 13.1. The van der Waals surface area contributed by atoms with Gasteiger partial charge in [-0.2, -0.15) is 5.10 Å². The van der Waals surface area contributed by atoms with E-state index >= 15 is 0 Å². The molecule has 0 atom stereocenters. The first kappa shape index (κ1) is 11.4. The Balaban J connectivity index is 1.73. The third kappa shape index (κ3) is 2.28. The first-order chi connectivity index (χ1) is 8.70. The third-order valence-corrected chi connectivity index (χ3v) is 3.41. The van der Waals surface area contributed by atoms with Gasteiger partial charge in [-0.15, -0.1) is 0 Å². The molecule has 0 bridgehead atoms. The molecule has 0 spiro atoms. The lowest BCUT2D eigenvalue weighted by Crippen LogP contribution is -2.28. The van der Waals surface area contributed by atoms with Gasteiger partial charge >= 0.3 is 0 Å². The summed E-state index contributed by atoms with van der Waals surface area (Å²) in [7, 11) is 0. The van der Waals surface area contributed by atoms with Crippen molar-refractivity contribution >= 4 is 0 Å². The van der Waals surface area contributed by atoms with E-state index in [1.807, 2.05) is 16.9 Å². The number of nitrogens with zero attached hydrogens (tertiary/aromatic N) is 2. The molecule has 1 fully saturated rings. The molecular weight excluding hydrogens is 234 g/mol. The first-order valence-electron chi connectivity index (χ1n) is 6.13. The maximum Gasteiger partial charge on any atom is 0.123 e. The standard InChI is InChI=1S/C14H14F2N2/c15-13-3-1-2-11(6-13)12-7-17-18(9-12)8-10-4-14(16)5-10/h1-3,6-7,9-10,14H,4-5,8H2. The molecule has 0 amide bonds. The van der Waals surface area contributed by atoms with Crippen LogP contribution in [-0.4, -0.2) is 16.0 Å². The second kappa shape index (κ2) is 4.52. The maximum atomic E-state index is 13.1. The average Bonchev–Trinajstić information content (AvgIpc) is 2.76. The molecule has 0 saturated heterocycles. The fourth-order valence-corrected chi connectivity index (χ4v) is 2.35. The number of hydrogen-bond donors (Lipinski definition) is 0. The van der Waals surface area contributed by atoms with Crippen LogP contribution in [0.3, 0.4) is 0 Å². The summed E-state index contributed by atoms with van der Waals surface area (Å²) in [6.45, 7) is 0.746. The van der Waals surface area contributed by atoms with Gasteiger partial charge in [-0.1, -0.05) is 12.1 Å². The van der Waals surface area contributed by atoms with Gasteiger partial charge in [0, 0.05) is 18.3 Å².